The highest BCUT2D eigenvalue weighted by Crippen LogP contribution is 2.26. The maximum absolute atomic E-state index is 8.80. The van der Waals surface area contributed by atoms with Gasteiger partial charge in [-0.1, -0.05) is 29.3 Å². The van der Waals surface area contributed by atoms with Gasteiger partial charge in [0, 0.05) is 10.4 Å². The first-order chi connectivity index (χ1) is 7.13. The number of pyridine rings is 1. The van der Waals surface area contributed by atoms with E-state index in [1.165, 1.54) is 0 Å². The van der Waals surface area contributed by atoms with Crippen molar-refractivity contribution in [2.75, 3.05) is 0 Å². The first-order valence-corrected chi connectivity index (χ1v) is 5.04. The maximum Gasteiger partial charge on any atom is 0.147 e. The van der Waals surface area contributed by atoms with E-state index in [1.807, 2.05) is 19.1 Å². The number of nitriles is 1. The maximum atomic E-state index is 8.80. The molecule has 0 amide bonds. The van der Waals surface area contributed by atoms with Crippen molar-refractivity contribution in [1.82, 2.24) is 4.98 Å². The summed E-state index contributed by atoms with van der Waals surface area (Å²) in [5, 5.41) is 10.5. The van der Waals surface area contributed by atoms with E-state index < -0.39 is 0 Å². The summed E-state index contributed by atoms with van der Waals surface area (Å²) in [6, 6.07) is 7.33. The van der Waals surface area contributed by atoms with Gasteiger partial charge in [-0.2, -0.15) is 5.26 Å². The lowest BCUT2D eigenvalue weighted by atomic mass is 10.1. The molecule has 0 saturated heterocycles. The van der Waals surface area contributed by atoms with E-state index in [0.29, 0.717) is 10.6 Å². The van der Waals surface area contributed by atoms with Crippen LogP contribution in [0.2, 0.25) is 10.2 Å². The molecule has 0 aliphatic carbocycles. The standard InChI is InChI=1S/C11H6Cl2N2/c1-6-9(12)3-2-7-4-8(5-14)11(13)15-10(6)7/h2-4H,1H3. The van der Waals surface area contributed by atoms with Crippen LogP contribution in [0.15, 0.2) is 18.2 Å². The highest BCUT2D eigenvalue weighted by atomic mass is 35.5. The second-order valence-electron chi connectivity index (χ2n) is 3.18. The third-order valence-corrected chi connectivity index (χ3v) is 2.95. The second kappa shape index (κ2) is 3.69. The minimum atomic E-state index is 0.218. The van der Waals surface area contributed by atoms with Gasteiger partial charge in [0.2, 0.25) is 0 Å². The number of halogens is 2. The first-order valence-electron chi connectivity index (χ1n) is 4.29. The summed E-state index contributed by atoms with van der Waals surface area (Å²) in [7, 11) is 0. The molecule has 2 aromatic rings. The summed E-state index contributed by atoms with van der Waals surface area (Å²) in [6.07, 6.45) is 0. The average Bonchev–Trinajstić information content (AvgIpc) is 2.24. The van der Waals surface area contributed by atoms with E-state index in [1.54, 1.807) is 12.1 Å². The van der Waals surface area contributed by atoms with Crippen LogP contribution in [0.3, 0.4) is 0 Å². The monoisotopic (exact) mass is 236 g/mol. The van der Waals surface area contributed by atoms with Crippen molar-refractivity contribution in [3.8, 4) is 6.07 Å². The number of nitrogens with zero attached hydrogens (tertiary/aromatic N) is 2. The van der Waals surface area contributed by atoms with Gasteiger partial charge in [0.25, 0.3) is 0 Å². The Hall–Kier alpha value is -1.30. The Kier molecular flexibility index (Phi) is 2.52. The molecule has 0 saturated carbocycles. The van der Waals surface area contributed by atoms with Crippen LogP contribution < -0.4 is 0 Å². The van der Waals surface area contributed by atoms with Crippen LogP contribution in [0.4, 0.5) is 0 Å². The van der Waals surface area contributed by atoms with Crippen molar-refractivity contribution >= 4 is 34.1 Å². The number of hydrogen-bond donors (Lipinski definition) is 0. The first kappa shape index (κ1) is 10.2. The van der Waals surface area contributed by atoms with Gasteiger partial charge in [-0.3, -0.25) is 0 Å². The molecule has 1 aromatic heterocycles. The summed E-state index contributed by atoms with van der Waals surface area (Å²) < 4.78 is 0. The zero-order chi connectivity index (χ0) is 11.0. The molecule has 0 aliphatic rings. The highest BCUT2D eigenvalue weighted by Gasteiger charge is 2.07. The van der Waals surface area contributed by atoms with E-state index in [2.05, 4.69) is 4.98 Å². The summed E-state index contributed by atoms with van der Waals surface area (Å²) in [4.78, 5) is 4.17. The minimum absolute atomic E-state index is 0.218. The molecule has 1 heterocycles. The molecule has 0 aliphatic heterocycles. The fourth-order valence-electron chi connectivity index (χ4n) is 1.41. The molecule has 0 bridgehead atoms. The Morgan fingerprint density at radius 1 is 1.33 bits per heavy atom. The lowest BCUT2D eigenvalue weighted by Gasteiger charge is -2.04. The highest BCUT2D eigenvalue weighted by molar-refractivity contribution is 6.33. The quantitative estimate of drug-likeness (QED) is 0.654. The van der Waals surface area contributed by atoms with Crippen molar-refractivity contribution in [3.63, 3.8) is 0 Å². The number of benzene rings is 1. The molecule has 0 spiro atoms. The normalized spacial score (nSPS) is 10.3. The van der Waals surface area contributed by atoms with Crippen molar-refractivity contribution in [3.05, 3.63) is 39.5 Å². The predicted molar refractivity (Wildman–Crippen MR) is 61.2 cm³/mol. The van der Waals surface area contributed by atoms with Gasteiger partial charge < -0.3 is 0 Å². The second-order valence-corrected chi connectivity index (χ2v) is 3.95. The molecule has 0 N–H and O–H groups in total. The van der Waals surface area contributed by atoms with Gasteiger partial charge >= 0.3 is 0 Å². The zero-order valence-electron chi connectivity index (χ0n) is 7.88. The predicted octanol–water partition coefficient (Wildman–Crippen LogP) is 3.72. The van der Waals surface area contributed by atoms with Gasteiger partial charge in [0.1, 0.15) is 11.2 Å². The molecule has 4 heteroatoms. The van der Waals surface area contributed by atoms with Gasteiger partial charge in [-0.05, 0) is 24.6 Å². The molecule has 1 aromatic carbocycles. The van der Waals surface area contributed by atoms with Gasteiger partial charge in [-0.15, -0.1) is 0 Å². The van der Waals surface area contributed by atoms with Crippen molar-refractivity contribution in [2.24, 2.45) is 0 Å². The molecular weight excluding hydrogens is 231 g/mol. The van der Waals surface area contributed by atoms with Crippen LogP contribution in [-0.4, -0.2) is 4.98 Å². The number of aryl methyl sites for hydroxylation is 1. The van der Waals surface area contributed by atoms with E-state index in [-0.39, 0.29) is 5.15 Å². The summed E-state index contributed by atoms with van der Waals surface area (Å²) in [6.45, 7) is 1.88. The van der Waals surface area contributed by atoms with E-state index in [4.69, 9.17) is 28.5 Å². The van der Waals surface area contributed by atoms with Crippen molar-refractivity contribution in [2.45, 2.75) is 6.92 Å². The van der Waals surface area contributed by atoms with Crippen LogP contribution in [0.25, 0.3) is 10.9 Å². The smallest absolute Gasteiger partial charge is 0.147 e. The lowest BCUT2D eigenvalue weighted by Crippen LogP contribution is -1.88. The van der Waals surface area contributed by atoms with E-state index >= 15 is 0 Å². The largest absolute Gasteiger partial charge is 0.234 e. The molecule has 2 rings (SSSR count). The van der Waals surface area contributed by atoms with Crippen LogP contribution in [0, 0.1) is 18.3 Å². The van der Waals surface area contributed by atoms with Crippen LogP contribution in [0.5, 0.6) is 0 Å². The van der Waals surface area contributed by atoms with E-state index in [9.17, 15) is 0 Å². The Balaban J connectivity index is 2.89. The van der Waals surface area contributed by atoms with E-state index in [0.717, 1.165) is 16.5 Å². The van der Waals surface area contributed by atoms with Gasteiger partial charge in [-0.25, -0.2) is 4.98 Å². The van der Waals surface area contributed by atoms with Crippen LogP contribution in [-0.2, 0) is 0 Å². The number of fused-ring (bicyclic) bond motifs is 1. The number of hydrogen-bond acceptors (Lipinski definition) is 2. The Labute approximate surface area is 97.1 Å². The molecule has 0 atom stereocenters. The third-order valence-electron chi connectivity index (χ3n) is 2.25. The lowest BCUT2D eigenvalue weighted by molar-refractivity contribution is 1.34. The summed E-state index contributed by atoms with van der Waals surface area (Å²) in [5.41, 5.74) is 2.00. The fraction of sp³-hybridized carbons (Fsp3) is 0.0909. The molecule has 2 nitrogen and oxygen atoms in total. The molecule has 0 radical (unpaired) electrons. The SMILES string of the molecule is Cc1c(Cl)ccc2cc(C#N)c(Cl)nc12. The zero-order valence-corrected chi connectivity index (χ0v) is 9.39. The number of rotatable bonds is 0. The number of aromatic nitrogens is 1. The van der Waals surface area contributed by atoms with Crippen molar-refractivity contribution in [1.29, 1.82) is 5.26 Å². The summed E-state index contributed by atoms with van der Waals surface area (Å²) >= 11 is 11.8. The Morgan fingerprint density at radius 3 is 2.73 bits per heavy atom. The van der Waals surface area contributed by atoms with Crippen molar-refractivity contribution < 1.29 is 0 Å². The van der Waals surface area contributed by atoms with Crippen LogP contribution >= 0.6 is 23.2 Å². The minimum Gasteiger partial charge on any atom is -0.234 e. The molecule has 0 unspecified atom stereocenters. The Morgan fingerprint density at radius 2 is 2.07 bits per heavy atom. The Bertz CT molecular complexity index is 585. The molecule has 0 fully saturated rings. The molecular formula is C11H6Cl2N2. The fourth-order valence-corrected chi connectivity index (χ4v) is 1.75. The topological polar surface area (TPSA) is 36.7 Å². The molecule has 15 heavy (non-hydrogen) atoms. The van der Waals surface area contributed by atoms with Crippen LogP contribution in [0.1, 0.15) is 11.1 Å². The third kappa shape index (κ3) is 1.65. The van der Waals surface area contributed by atoms with Gasteiger partial charge in [0.15, 0.2) is 0 Å². The van der Waals surface area contributed by atoms with Gasteiger partial charge in [0.05, 0.1) is 11.1 Å². The average molecular weight is 237 g/mol. The molecule has 74 valence electrons. The summed E-state index contributed by atoms with van der Waals surface area (Å²) in [5.74, 6) is 0.